The Morgan fingerprint density at radius 2 is 1.76 bits per heavy atom. The van der Waals surface area contributed by atoms with Gasteiger partial charge in [-0.2, -0.15) is 0 Å². The van der Waals surface area contributed by atoms with Crippen LogP contribution in [0.4, 0.5) is 0 Å². The summed E-state index contributed by atoms with van der Waals surface area (Å²) < 4.78 is 23.8. The molecule has 8 nitrogen and oxygen atoms in total. The van der Waals surface area contributed by atoms with E-state index in [9.17, 15) is 19.5 Å². The van der Waals surface area contributed by atoms with Crippen molar-refractivity contribution in [2.75, 3.05) is 13.7 Å². The molecule has 5 saturated carbocycles. The summed E-state index contributed by atoms with van der Waals surface area (Å²) in [7, 11) is 1.61. The minimum atomic E-state index is -1.05. The van der Waals surface area contributed by atoms with Crippen molar-refractivity contribution in [1.82, 2.24) is 0 Å². The highest BCUT2D eigenvalue weighted by molar-refractivity contribution is 5.90. The zero-order chi connectivity index (χ0) is 29.6. The molecular formula is C33H50O8. The topological polar surface area (TPSA) is 108 Å². The molecule has 6 fully saturated rings. The predicted molar refractivity (Wildman–Crippen MR) is 150 cm³/mol. The Morgan fingerprint density at radius 1 is 1.02 bits per heavy atom. The third-order valence-electron chi connectivity index (χ3n) is 13.4. The minimum absolute atomic E-state index is 0.0294. The molecule has 0 amide bonds. The van der Waals surface area contributed by atoms with Crippen LogP contribution in [0.15, 0.2) is 0 Å². The first kappa shape index (κ1) is 29.9. The van der Waals surface area contributed by atoms with Gasteiger partial charge < -0.3 is 28.8 Å². The van der Waals surface area contributed by atoms with Crippen LogP contribution in [0.2, 0.25) is 0 Å². The van der Waals surface area contributed by atoms with E-state index in [2.05, 4.69) is 20.8 Å². The number of fused-ring (bicyclic) bond motifs is 4. The van der Waals surface area contributed by atoms with Crippen LogP contribution in [0.3, 0.4) is 0 Å². The average molecular weight is 575 g/mol. The highest BCUT2D eigenvalue weighted by atomic mass is 16.7. The average Bonchev–Trinajstić information content (AvgIpc) is 3.53. The molecule has 5 aliphatic carbocycles. The predicted octanol–water partition coefficient (Wildman–Crippen LogP) is 4.28. The smallest absolute Gasteiger partial charge is 0.215 e. The van der Waals surface area contributed by atoms with Crippen molar-refractivity contribution in [1.29, 1.82) is 0 Å². The van der Waals surface area contributed by atoms with E-state index in [0.717, 1.165) is 44.9 Å². The number of hydrogen-bond donors (Lipinski definition) is 1. The van der Waals surface area contributed by atoms with Crippen molar-refractivity contribution in [3.8, 4) is 0 Å². The number of carbonyl (C=O) groups excluding carboxylic acids is 3. The van der Waals surface area contributed by atoms with Gasteiger partial charge in [-0.3, -0.25) is 9.59 Å². The molecule has 1 heterocycles. The van der Waals surface area contributed by atoms with E-state index < -0.39 is 24.1 Å². The number of Topliss-reactive ketones (excluding diaryl/α,β-unsaturated/α-hetero) is 1. The fourth-order valence-electron chi connectivity index (χ4n) is 11.8. The Labute approximate surface area is 244 Å². The van der Waals surface area contributed by atoms with Crippen LogP contribution < -0.4 is 0 Å². The number of carbonyl (C=O) groups is 3. The molecule has 6 aliphatic rings. The van der Waals surface area contributed by atoms with Gasteiger partial charge in [-0.1, -0.05) is 20.8 Å². The second kappa shape index (κ2) is 9.91. The maximum absolute atomic E-state index is 14.4. The molecule has 1 N–H and O–H groups in total. The van der Waals surface area contributed by atoms with Crippen molar-refractivity contribution < 1.29 is 38.4 Å². The number of ketones is 1. The number of rotatable bonds is 9. The van der Waals surface area contributed by atoms with Gasteiger partial charge in [-0.15, -0.1) is 0 Å². The van der Waals surface area contributed by atoms with Crippen LogP contribution in [0.1, 0.15) is 92.4 Å². The highest BCUT2D eigenvalue weighted by Crippen LogP contribution is 2.87. The van der Waals surface area contributed by atoms with Gasteiger partial charge in [0, 0.05) is 13.0 Å². The molecule has 230 valence electrons. The van der Waals surface area contributed by atoms with E-state index in [-0.39, 0.29) is 52.3 Å². The standard InChI is InChI=1S/C33H50O8/c1-29(2)22-10-8-19-25-26(36)27-20(7-9-21(40-27)28(38-6)30(3,4)37)31(25,5)13-14-32(19)18-33(22,32)12-11-23(29)41-24(17-35)39-16-15-34/h15,17,19-25,27-28,37H,7-14,16,18H2,1-6H3/t19?,20?,21?,22?,23-,24?,25?,27?,28-,31?,32-,33?/m0/s1. The lowest BCUT2D eigenvalue weighted by Crippen LogP contribution is -2.56. The zero-order valence-electron chi connectivity index (χ0n) is 25.7. The van der Waals surface area contributed by atoms with Gasteiger partial charge in [0.25, 0.3) is 0 Å². The van der Waals surface area contributed by atoms with Crippen LogP contribution in [0.5, 0.6) is 0 Å². The molecule has 0 bridgehead atoms. The number of methoxy groups -OCH3 is 1. The van der Waals surface area contributed by atoms with Crippen LogP contribution in [-0.4, -0.2) is 73.5 Å². The second-order valence-corrected chi connectivity index (χ2v) is 15.7. The molecule has 8 heteroatoms. The summed E-state index contributed by atoms with van der Waals surface area (Å²) in [5.74, 6) is 1.41. The molecule has 0 aromatic rings. The third kappa shape index (κ3) is 4.13. The first-order valence-corrected chi connectivity index (χ1v) is 15.9. The van der Waals surface area contributed by atoms with Crippen LogP contribution in [0, 0.1) is 45.3 Å². The van der Waals surface area contributed by atoms with E-state index in [1.165, 1.54) is 12.8 Å². The van der Waals surface area contributed by atoms with Crippen LogP contribution in [-0.2, 0) is 33.3 Å². The molecule has 0 aromatic carbocycles. The maximum Gasteiger partial charge on any atom is 0.215 e. The van der Waals surface area contributed by atoms with Gasteiger partial charge >= 0.3 is 0 Å². The van der Waals surface area contributed by atoms with Crippen molar-refractivity contribution in [3.05, 3.63) is 0 Å². The molecule has 41 heavy (non-hydrogen) atoms. The summed E-state index contributed by atoms with van der Waals surface area (Å²) in [5.41, 5.74) is -0.810. The third-order valence-corrected chi connectivity index (χ3v) is 13.4. The summed E-state index contributed by atoms with van der Waals surface area (Å²) in [6, 6.07) is 0. The fourth-order valence-corrected chi connectivity index (χ4v) is 11.8. The van der Waals surface area contributed by atoms with Gasteiger partial charge in [0.1, 0.15) is 25.1 Å². The number of aliphatic hydroxyl groups is 1. The number of ether oxygens (including phenoxy) is 4. The van der Waals surface area contributed by atoms with Gasteiger partial charge in [0.05, 0.1) is 17.8 Å². The van der Waals surface area contributed by atoms with Crippen molar-refractivity contribution >= 4 is 18.4 Å². The molecule has 9 unspecified atom stereocenters. The van der Waals surface area contributed by atoms with Crippen molar-refractivity contribution in [2.45, 2.75) is 129 Å². The largest absolute Gasteiger partial charge is 0.388 e. The van der Waals surface area contributed by atoms with Crippen LogP contribution in [0.25, 0.3) is 0 Å². The van der Waals surface area contributed by atoms with Crippen LogP contribution >= 0.6 is 0 Å². The molecular weight excluding hydrogens is 524 g/mol. The van der Waals surface area contributed by atoms with E-state index in [4.69, 9.17) is 18.9 Å². The molecule has 0 radical (unpaired) electrons. The zero-order valence-corrected chi connectivity index (χ0v) is 25.7. The number of hydrogen-bond acceptors (Lipinski definition) is 8. The summed E-state index contributed by atoms with van der Waals surface area (Å²) in [6.45, 7) is 10.3. The molecule has 1 saturated heterocycles. The summed E-state index contributed by atoms with van der Waals surface area (Å²) >= 11 is 0. The molecule has 6 rings (SSSR count). The molecule has 12 atom stereocenters. The number of aldehydes is 2. The second-order valence-electron chi connectivity index (χ2n) is 15.7. The minimum Gasteiger partial charge on any atom is -0.388 e. The molecule has 2 spiro atoms. The summed E-state index contributed by atoms with van der Waals surface area (Å²) in [6.07, 6.45) is 8.16. The van der Waals surface area contributed by atoms with Gasteiger partial charge in [0.2, 0.25) is 6.29 Å². The van der Waals surface area contributed by atoms with E-state index in [1.807, 2.05) is 0 Å². The summed E-state index contributed by atoms with van der Waals surface area (Å²) in [4.78, 5) is 36.7. The molecule has 0 aromatic heterocycles. The van der Waals surface area contributed by atoms with Gasteiger partial charge in [-0.25, -0.2) is 0 Å². The molecule has 1 aliphatic heterocycles. The van der Waals surface area contributed by atoms with E-state index >= 15 is 0 Å². The quantitative estimate of drug-likeness (QED) is 0.321. The van der Waals surface area contributed by atoms with E-state index in [1.54, 1.807) is 21.0 Å². The fraction of sp³-hybridized carbons (Fsp3) is 0.909. The Balaban J connectivity index is 1.22. The Bertz CT molecular complexity index is 1070. The Morgan fingerprint density at radius 3 is 2.41 bits per heavy atom. The lowest BCUT2D eigenvalue weighted by Gasteiger charge is -2.59. The van der Waals surface area contributed by atoms with Gasteiger partial charge in [0.15, 0.2) is 12.1 Å². The SMILES string of the molecule is CO[C@@H](C1CCC2C(O1)C(=O)C1C3CCC4C(C)(C)[C@@H](OC(C=O)OCC=O)CCC45C[C@@]35CCC21C)C(C)(C)O. The highest BCUT2D eigenvalue weighted by Gasteiger charge is 2.82. The monoisotopic (exact) mass is 574 g/mol. The van der Waals surface area contributed by atoms with Crippen molar-refractivity contribution in [2.24, 2.45) is 45.3 Å². The Hall–Kier alpha value is -1.19. The first-order valence-electron chi connectivity index (χ1n) is 15.9. The van der Waals surface area contributed by atoms with Crippen molar-refractivity contribution in [3.63, 3.8) is 0 Å². The first-order chi connectivity index (χ1) is 19.3. The van der Waals surface area contributed by atoms with Gasteiger partial charge in [-0.05, 0) is 111 Å². The lowest BCUT2D eigenvalue weighted by atomic mass is 9.46. The summed E-state index contributed by atoms with van der Waals surface area (Å²) in [5, 5.41) is 10.7. The van der Waals surface area contributed by atoms with E-state index in [0.29, 0.717) is 30.2 Å². The Kier molecular flexibility index (Phi) is 7.22. The lowest BCUT2D eigenvalue weighted by molar-refractivity contribution is -0.216. The maximum atomic E-state index is 14.4. The normalized spacial score (nSPS) is 47.6.